The van der Waals surface area contributed by atoms with Crippen molar-refractivity contribution in [2.24, 2.45) is 11.8 Å². The van der Waals surface area contributed by atoms with Crippen molar-refractivity contribution < 1.29 is 4.74 Å². The predicted molar refractivity (Wildman–Crippen MR) is 115 cm³/mol. The molecule has 28 heavy (non-hydrogen) atoms. The molecule has 0 saturated heterocycles. The average Bonchev–Trinajstić information content (AvgIpc) is 2.72. The zero-order valence-corrected chi connectivity index (χ0v) is 17.9. The van der Waals surface area contributed by atoms with E-state index in [1.165, 1.54) is 25.7 Å². The molecule has 0 bridgehead atoms. The Hall–Kier alpha value is -1.91. The van der Waals surface area contributed by atoms with Crippen LogP contribution in [0.25, 0.3) is 0 Å². The molecule has 0 spiro atoms. The Kier molecular flexibility index (Phi) is 7.46. The fraction of sp³-hybridized carbons (Fsp3) is 0.583. The van der Waals surface area contributed by atoms with Gasteiger partial charge >= 0.3 is 0 Å². The highest BCUT2D eigenvalue weighted by atomic mass is 32.2. The number of nitriles is 2. The molecule has 3 nitrogen and oxygen atoms in total. The topological polar surface area (TPSA) is 56.8 Å². The van der Waals surface area contributed by atoms with Gasteiger partial charge in [-0.1, -0.05) is 25.5 Å². The molecule has 0 aromatic heterocycles. The summed E-state index contributed by atoms with van der Waals surface area (Å²) < 4.78 is 6.13. The second-order valence-electron chi connectivity index (χ2n) is 8.02. The van der Waals surface area contributed by atoms with Gasteiger partial charge in [-0.2, -0.15) is 10.5 Å². The second-order valence-corrected chi connectivity index (χ2v) is 9.08. The molecule has 1 atom stereocenters. The number of thioether (sulfide) groups is 1. The van der Waals surface area contributed by atoms with Crippen molar-refractivity contribution in [1.82, 2.24) is 0 Å². The van der Waals surface area contributed by atoms with Gasteiger partial charge in [-0.25, -0.2) is 0 Å². The number of nitrogens with zero attached hydrogens (tertiary/aromatic N) is 2. The molecule has 0 N–H and O–H groups in total. The summed E-state index contributed by atoms with van der Waals surface area (Å²) in [6, 6.07) is 6.68. The first-order chi connectivity index (χ1) is 13.7. The Bertz CT molecular complexity index is 794. The largest absolute Gasteiger partial charge is 0.489 e. The number of allylic oxidation sites excluding steroid dienone is 2. The van der Waals surface area contributed by atoms with Crippen molar-refractivity contribution in [3.05, 3.63) is 34.9 Å². The van der Waals surface area contributed by atoms with E-state index in [2.05, 4.69) is 44.2 Å². The van der Waals surface area contributed by atoms with Gasteiger partial charge in [0, 0.05) is 10.6 Å². The van der Waals surface area contributed by atoms with Crippen molar-refractivity contribution >= 4 is 11.8 Å². The van der Waals surface area contributed by atoms with Gasteiger partial charge in [-0.05, 0) is 75.3 Å². The summed E-state index contributed by atoms with van der Waals surface area (Å²) in [7, 11) is 0. The maximum Gasteiger partial charge on any atom is 0.142 e. The first-order valence-corrected chi connectivity index (χ1v) is 11.6. The molecule has 1 unspecified atom stereocenters. The van der Waals surface area contributed by atoms with Gasteiger partial charge in [0.25, 0.3) is 0 Å². The lowest BCUT2D eigenvalue weighted by molar-refractivity contribution is 0.162. The Morgan fingerprint density at radius 1 is 1.14 bits per heavy atom. The number of fused-ring (bicyclic) bond motifs is 1. The minimum absolute atomic E-state index is 0.169. The maximum absolute atomic E-state index is 9.75. The molecule has 148 valence electrons. The molecule has 1 saturated carbocycles. The maximum atomic E-state index is 9.75. The normalized spacial score (nSPS) is 24.2. The summed E-state index contributed by atoms with van der Waals surface area (Å²) in [5.41, 5.74) is 2.05. The van der Waals surface area contributed by atoms with Gasteiger partial charge in [0.15, 0.2) is 0 Å². The van der Waals surface area contributed by atoms with Crippen molar-refractivity contribution in [1.29, 1.82) is 10.5 Å². The Balaban J connectivity index is 1.74. The van der Waals surface area contributed by atoms with E-state index in [-0.39, 0.29) is 6.10 Å². The minimum Gasteiger partial charge on any atom is -0.489 e. The van der Waals surface area contributed by atoms with Crippen molar-refractivity contribution in [2.45, 2.75) is 76.2 Å². The van der Waals surface area contributed by atoms with E-state index in [4.69, 9.17) is 4.74 Å². The highest BCUT2D eigenvalue weighted by Gasteiger charge is 2.27. The van der Waals surface area contributed by atoms with Gasteiger partial charge in [0.05, 0.1) is 11.7 Å². The molecule has 0 amide bonds. The lowest BCUT2D eigenvalue weighted by Gasteiger charge is -2.28. The van der Waals surface area contributed by atoms with Crippen LogP contribution in [0.2, 0.25) is 0 Å². The first kappa shape index (κ1) is 20.8. The minimum atomic E-state index is 0.169. The number of hydrogen-bond donors (Lipinski definition) is 0. The van der Waals surface area contributed by atoms with Crippen LogP contribution in [-0.2, 0) is 6.42 Å². The van der Waals surface area contributed by atoms with E-state index in [1.54, 1.807) is 11.8 Å². The van der Waals surface area contributed by atoms with Crippen LogP contribution in [0.4, 0.5) is 0 Å². The van der Waals surface area contributed by atoms with Gasteiger partial charge < -0.3 is 4.74 Å². The van der Waals surface area contributed by atoms with Gasteiger partial charge in [0.2, 0.25) is 0 Å². The van der Waals surface area contributed by atoms with E-state index in [0.29, 0.717) is 22.8 Å². The highest BCUT2D eigenvalue weighted by Crippen LogP contribution is 2.41. The summed E-state index contributed by atoms with van der Waals surface area (Å²) in [4.78, 5) is 0.964. The van der Waals surface area contributed by atoms with Crippen LogP contribution in [0.3, 0.4) is 0 Å². The lowest BCUT2D eigenvalue weighted by atomic mass is 9.83. The molecule has 1 heterocycles. The van der Waals surface area contributed by atoms with E-state index in [0.717, 1.165) is 47.8 Å². The molecular weight excluding hydrogens is 364 g/mol. The van der Waals surface area contributed by atoms with Gasteiger partial charge in [-0.15, -0.1) is 11.8 Å². The van der Waals surface area contributed by atoms with Crippen molar-refractivity contribution in [3.8, 4) is 17.9 Å². The second kappa shape index (κ2) is 10.0. The summed E-state index contributed by atoms with van der Waals surface area (Å²) in [6.45, 7) is 4.25. The van der Waals surface area contributed by atoms with Crippen LogP contribution in [0, 0.1) is 34.5 Å². The SMILES string of the molecule is CC=CC1CCC(CSc2cc3c(c(C#N)c2C#N)OC(CCC)CC3)CC1. The van der Waals surface area contributed by atoms with Crippen LogP contribution in [0.1, 0.15) is 75.5 Å². The summed E-state index contributed by atoms with van der Waals surface area (Å²) in [5, 5.41) is 19.5. The number of rotatable bonds is 6. The molecule has 1 aromatic carbocycles. The van der Waals surface area contributed by atoms with E-state index < -0.39 is 0 Å². The average molecular weight is 395 g/mol. The quantitative estimate of drug-likeness (QED) is 0.414. The third kappa shape index (κ3) is 4.73. The molecule has 1 aliphatic carbocycles. The number of aryl methyl sites for hydroxylation is 1. The third-order valence-corrected chi connectivity index (χ3v) is 7.28. The van der Waals surface area contributed by atoms with E-state index >= 15 is 0 Å². The molecule has 1 aromatic rings. The zero-order chi connectivity index (χ0) is 19.9. The molecule has 0 radical (unpaired) electrons. The number of hydrogen-bond acceptors (Lipinski definition) is 4. The molecule has 4 heteroatoms. The van der Waals surface area contributed by atoms with Crippen LogP contribution in [-0.4, -0.2) is 11.9 Å². The first-order valence-electron chi connectivity index (χ1n) is 10.6. The number of benzene rings is 1. The smallest absolute Gasteiger partial charge is 0.142 e. The molecular formula is C24H30N2OS. The van der Waals surface area contributed by atoms with Crippen LogP contribution >= 0.6 is 11.8 Å². The monoisotopic (exact) mass is 394 g/mol. The zero-order valence-electron chi connectivity index (χ0n) is 17.0. The Morgan fingerprint density at radius 3 is 2.54 bits per heavy atom. The third-order valence-electron chi connectivity index (χ3n) is 6.01. The highest BCUT2D eigenvalue weighted by molar-refractivity contribution is 7.99. The van der Waals surface area contributed by atoms with Crippen LogP contribution in [0.5, 0.6) is 5.75 Å². The van der Waals surface area contributed by atoms with E-state index in [9.17, 15) is 10.5 Å². The number of ether oxygens (including phenoxy) is 1. The molecule has 2 aliphatic rings. The van der Waals surface area contributed by atoms with Crippen molar-refractivity contribution in [2.75, 3.05) is 5.75 Å². The van der Waals surface area contributed by atoms with Crippen LogP contribution < -0.4 is 4.74 Å². The summed E-state index contributed by atoms with van der Waals surface area (Å²) >= 11 is 1.76. The van der Waals surface area contributed by atoms with E-state index in [1.807, 2.05) is 0 Å². The van der Waals surface area contributed by atoms with Gasteiger partial charge in [-0.3, -0.25) is 0 Å². The standard InChI is InChI=1S/C24H30N2OS/c1-3-5-17-7-9-18(10-8-17)16-28-23-13-19-11-12-20(6-4-2)27-24(19)22(15-26)21(23)14-25/h3,5,13,17-18,20H,4,6-12,16H2,1-2H3. The molecule has 3 rings (SSSR count). The Morgan fingerprint density at radius 2 is 1.89 bits per heavy atom. The van der Waals surface area contributed by atoms with Gasteiger partial charge in [0.1, 0.15) is 23.5 Å². The van der Waals surface area contributed by atoms with Crippen LogP contribution in [0.15, 0.2) is 23.1 Å². The van der Waals surface area contributed by atoms with Crippen molar-refractivity contribution in [3.63, 3.8) is 0 Å². The lowest BCUT2D eigenvalue weighted by Crippen LogP contribution is -2.23. The fourth-order valence-corrected chi connectivity index (χ4v) is 5.71. The predicted octanol–water partition coefficient (Wildman–Crippen LogP) is 6.40. The molecule has 1 aliphatic heterocycles. The fourth-order valence-electron chi connectivity index (χ4n) is 4.44. The Labute approximate surface area is 173 Å². The summed E-state index contributed by atoms with van der Waals surface area (Å²) in [5.74, 6) is 3.13. The summed E-state index contributed by atoms with van der Waals surface area (Å²) in [6.07, 6.45) is 13.7. The molecule has 1 fully saturated rings.